The molecule has 1 aromatic carbocycles. The zero-order valence-electron chi connectivity index (χ0n) is 11.3. The van der Waals surface area contributed by atoms with E-state index in [9.17, 15) is 18.8 Å². The first kappa shape index (κ1) is 16.1. The van der Waals surface area contributed by atoms with E-state index in [1.165, 1.54) is 31.5 Å². The lowest BCUT2D eigenvalue weighted by molar-refractivity contribution is 0.0600. The number of pyridine rings is 1. The largest absolute Gasteiger partial charge is 0.465 e. The number of halogens is 2. The van der Waals surface area contributed by atoms with Crippen LogP contribution in [0.5, 0.6) is 0 Å². The minimum Gasteiger partial charge on any atom is -0.465 e. The number of hydrogen-bond acceptors (Lipinski definition) is 4. The van der Waals surface area contributed by atoms with Crippen LogP contribution in [0.4, 0.5) is 10.1 Å². The molecule has 0 aliphatic rings. The van der Waals surface area contributed by atoms with Gasteiger partial charge in [-0.1, -0.05) is 0 Å². The van der Waals surface area contributed by atoms with Gasteiger partial charge in [-0.05, 0) is 46.9 Å². The van der Waals surface area contributed by atoms with Gasteiger partial charge in [-0.25, -0.2) is 9.18 Å². The van der Waals surface area contributed by atoms with Crippen LogP contribution in [0.15, 0.2) is 35.3 Å². The number of rotatable bonds is 3. The van der Waals surface area contributed by atoms with Crippen molar-refractivity contribution in [2.45, 2.75) is 0 Å². The first-order valence-corrected chi connectivity index (χ1v) is 7.07. The number of carbonyl (C=O) groups is 2. The van der Waals surface area contributed by atoms with Crippen LogP contribution in [-0.4, -0.2) is 24.0 Å². The second-order valence-electron chi connectivity index (χ2n) is 4.20. The fourth-order valence-corrected chi connectivity index (χ4v) is 2.40. The van der Waals surface area contributed by atoms with Crippen molar-refractivity contribution in [3.05, 3.63) is 61.3 Å². The molecule has 0 bridgehead atoms. The maximum atomic E-state index is 13.0. The van der Waals surface area contributed by atoms with Gasteiger partial charge in [0.15, 0.2) is 0 Å². The average molecular weight is 416 g/mol. The van der Waals surface area contributed by atoms with Crippen LogP contribution in [0.2, 0.25) is 0 Å². The van der Waals surface area contributed by atoms with Crippen molar-refractivity contribution in [3.63, 3.8) is 0 Å². The molecule has 0 aliphatic heterocycles. The number of aromatic amines is 1. The van der Waals surface area contributed by atoms with Gasteiger partial charge >= 0.3 is 5.97 Å². The van der Waals surface area contributed by atoms with Gasteiger partial charge in [-0.15, -0.1) is 0 Å². The van der Waals surface area contributed by atoms with Crippen LogP contribution in [0, 0.1) is 9.39 Å². The number of anilines is 1. The molecule has 0 saturated heterocycles. The average Bonchev–Trinajstić information content (AvgIpc) is 2.48. The summed E-state index contributed by atoms with van der Waals surface area (Å²) in [5, 5.41) is 2.39. The Balaban J connectivity index is 2.32. The zero-order valence-corrected chi connectivity index (χ0v) is 13.4. The summed E-state index contributed by atoms with van der Waals surface area (Å²) < 4.78 is 18.0. The molecule has 0 unspecified atom stereocenters. The van der Waals surface area contributed by atoms with Gasteiger partial charge in [0.05, 0.1) is 18.2 Å². The van der Waals surface area contributed by atoms with Crippen LogP contribution in [0.1, 0.15) is 20.7 Å². The Kier molecular flexibility index (Phi) is 4.91. The first-order valence-electron chi connectivity index (χ1n) is 6.00. The van der Waals surface area contributed by atoms with Crippen molar-refractivity contribution >= 4 is 40.2 Å². The Morgan fingerprint density at radius 1 is 1.32 bits per heavy atom. The molecule has 2 rings (SSSR count). The number of hydrogen-bond donors (Lipinski definition) is 2. The summed E-state index contributed by atoms with van der Waals surface area (Å²) in [6, 6.07) is 4.86. The van der Waals surface area contributed by atoms with Gasteiger partial charge in [0.2, 0.25) is 0 Å². The molecule has 6 nitrogen and oxygen atoms in total. The van der Waals surface area contributed by atoms with Gasteiger partial charge < -0.3 is 15.0 Å². The van der Waals surface area contributed by atoms with Crippen LogP contribution in [0.3, 0.4) is 0 Å². The number of H-pyrrole nitrogens is 1. The monoisotopic (exact) mass is 416 g/mol. The minimum atomic E-state index is -0.650. The van der Waals surface area contributed by atoms with Crippen LogP contribution >= 0.6 is 22.6 Å². The van der Waals surface area contributed by atoms with Gasteiger partial charge in [0.25, 0.3) is 11.5 Å². The molecule has 0 radical (unpaired) electrons. The maximum Gasteiger partial charge on any atom is 0.339 e. The molecule has 22 heavy (non-hydrogen) atoms. The molecule has 0 saturated carbocycles. The summed E-state index contributed by atoms with van der Waals surface area (Å²) in [6.45, 7) is 0. The minimum absolute atomic E-state index is 0.0891. The second-order valence-corrected chi connectivity index (χ2v) is 5.36. The highest BCUT2D eigenvalue weighted by Crippen LogP contribution is 2.15. The number of nitrogens with one attached hydrogen (secondary N) is 2. The molecule has 8 heteroatoms. The number of methoxy groups -OCH3 is 1. The number of ether oxygens (including phenoxy) is 1. The molecular weight excluding hydrogens is 406 g/mol. The highest BCUT2D eigenvalue weighted by atomic mass is 127. The van der Waals surface area contributed by atoms with E-state index in [0.29, 0.717) is 3.57 Å². The Morgan fingerprint density at radius 2 is 2.05 bits per heavy atom. The van der Waals surface area contributed by atoms with E-state index < -0.39 is 23.3 Å². The van der Waals surface area contributed by atoms with E-state index >= 15 is 0 Å². The molecule has 0 atom stereocenters. The summed E-state index contributed by atoms with van der Waals surface area (Å²) in [5.41, 5.74) is -0.373. The third-order valence-electron chi connectivity index (χ3n) is 2.75. The summed E-state index contributed by atoms with van der Waals surface area (Å²) in [7, 11) is 1.20. The third kappa shape index (κ3) is 3.50. The van der Waals surface area contributed by atoms with Gasteiger partial charge in [0, 0.05) is 9.77 Å². The summed E-state index contributed by atoms with van der Waals surface area (Å²) >= 11 is 1.82. The lowest BCUT2D eigenvalue weighted by Crippen LogP contribution is -2.21. The van der Waals surface area contributed by atoms with E-state index in [2.05, 4.69) is 15.0 Å². The number of esters is 1. The molecule has 0 aliphatic carbocycles. The SMILES string of the molecule is COC(=O)c1c[nH]c(=O)c(NC(=O)c2ccc(F)cc2I)c1. The number of benzene rings is 1. The van der Waals surface area contributed by atoms with Gasteiger partial charge in [-0.3, -0.25) is 9.59 Å². The Labute approximate surface area is 137 Å². The van der Waals surface area contributed by atoms with Crippen molar-refractivity contribution in [1.82, 2.24) is 4.98 Å². The van der Waals surface area contributed by atoms with Crippen LogP contribution in [-0.2, 0) is 4.74 Å². The molecule has 0 fully saturated rings. The Morgan fingerprint density at radius 3 is 2.68 bits per heavy atom. The molecule has 2 N–H and O–H groups in total. The van der Waals surface area contributed by atoms with E-state index in [0.717, 1.165) is 6.07 Å². The number of aromatic nitrogens is 1. The zero-order chi connectivity index (χ0) is 16.3. The predicted molar refractivity (Wildman–Crippen MR) is 85.5 cm³/mol. The third-order valence-corrected chi connectivity index (χ3v) is 3.64. The molecule has 0 spiro atoms. The molecular formula is C14H10FIN2O4. The van der Waals surface area contributed by atoms with Crippen molar-refractivity contribution in [2.75, 3.05) is 12.4 Å². The molecule has 1 amide bonds. The van der Waals surface area contributed by atoms with Gasteiger partial charge in [-0.2, -0.15) is 0 Å². The lowest BCUT2D eigenvalue weighted by atomic mass is 10.2. The quantitative estimate of drug-likeness (QED) is 0.593. The van der Waals surface area contributed by atoms with E-state index in [1.807, 2.05) is 22.6 Å². The second kappa shape index (κ2) is 6.69. The van der Waals surface area contributed by atoms with E-state index in [-0.39, 0.29) is 16.8 Å². The summed E-state index contributed by atoms with van der Waals surface area (Å²) in [5.74, 6) is -1.70. The predicted octanol–water partition coefficient (Wildman–Crippen LogP) is 2.16. The lowest BCUT2D eigenvalue weighted by Gasteiger charge is -2.07. The fourth-order valence-electron chi connectivity index (χ4n) is 1.68. The maximum absolute atomic E-state index is 13.0. The topological polar surface area (TPSA) is 88.3 Å². The Bertz CT molecular complexity index is 804. The van der Waals surface area contributed by atoms with Gasteiger partial charge in [0.1, 0.15) is 11.5 Å². The Hall–Kier alpha value is -2.23. The van der Waals surface area contributed by atoms with Crippen molar-refractivity contribution in [2.24, 2.45) is 0 Å². The standard InChI is InChI=1S/C14H10FIN2O4/c1-22-14(21)7-4-11(13(20)17-6-7)18-12(19)9-3-2-8(15)5-10(9)16/h2-6H,1H3,(H,17,20)(H,18,19). The normalized spacial score (nSPS) is 10.1. The van der Waals surface area contributed by atoms with E-state index in [1.54, 1.807) is 0 Å². The smallest absolute Gasteiger partial charge is 0.339 e. The molecule has 2 aromatic rings. The fraction of sp³-hybridized carbons (Fsp3) is 0.0714. The number of amides is 1. The highest BCUT2D eigenvalue weighted by molar-refractivity contribution is 14.1. The molecule has 1 heterocycles. The van der Waals surface area contributed by atoms with Crippen LogP contribution in [0.25, 0.3) is 0 Å². The van der Waals surface area contributed by atoms with Crippen molar-refractivity contribution < 1.29 is 18.7 Å². The number of carbonyl (C=O) groups excluding carboxylic acids is 2. The van der Waals surface area contributed by atoms with Crippen LogP contribution < -0.4 is 10.9 Å². The van der Waals surface area contributed by atoms with Crippen molar-refractivity contribution in [1.29, 1.82) is 0 Å². The highest BCUT2D eigenvalue weighted by Gasteiger charge is 2.14. The molecule has 114 valence electrons. The van der Waals surface area contributed by atoms with E-state index in [4.69, 9.17) is 0 Å². The summed E-state index contributed by atoms with van der Waals surface area (Å²) in [6.07, 6.45) is 1.19. The molecule has 1 aromatic heterocycles. The summed E-state index contributed by atoms with van der Waals surface area (Å²) in [4.78, 5) is 37.6. The van der Waals surface area contributed by atoms with Crippen molar-refractivity contribution in [3.8, 4) is 0 Å². The first-order chi connectivity index (χ1) is 10.4.